The molecule has 0 fully saturated rings. The Balaban J connectivity index is 1.39. The van der Waals surface area contributed by atoms with Crippen molar-refractivity contribution in [3.63, 3.8) is 0 Å². The first-order chi connectivity index (χ1) is 14.1. The van der Waals surface area contributed by atoms with Gasteiger partial charge >= 0.3 is 5.91 Å². The maximum absolute atomic E-state index is 12.4. The standard InChI is InChI=1S/C21H17N3O5/c1-13(23-24-21(26)18-3-2-10-27-18)14-4-7-16(8-5-14)22-20(25)15-6-9-17-19(11-15)29-12-28-17/h2-11H,12H2,1H3,(H,22,25)(H,24,26)/b23-13-. The maximum Gasteiger partial charge on any atom is 0.307 e. The van der Waals surface area contributed by atoms with Crippen molar-refractivity contribution >= 4 is 23.2 Å². The number of ether oxygens (including phenoxy) is 2. The van der Waals surface area contributed by atoms with Gasteiger partial charge in [0, 0.05) is 11.3 Å². The van der Waals surface area contributed by atoms with Crippen LogP contribution in [-0.2, 0) is 0 Å². The molecular formula is C21H17N3O5. The maximum atomic E-state index is 12.4. The van der Waals surface area contributed by atoms with Crippen molar-refractivity contribution in [3.05, 3.63) is 77.7 Å². The molecule has 2 aromatic carbocycles. The van der Waals surface area contributed by atoms with E-state index in [-0.39, 0.29) is 18.5 Å². The summed E-state index contributed by atoms with van der Waals surface area (Å²) in [5, 5.41) is 6.89. The topological polar surface area (TPSA) is 102 Å². The molecule has 8 nitrogen and oxygen atoms in total. The number of hydrazone groups is 1. The zero-order valence-electron chi connectivity index (χ0n) is 15.5. The largest absolute Gasteiger partial charge is 0.459 e. The Hall–Kier alpha value is -4.07. The van der Waals surface area contributed by atoms with Crippen LogP contribution in [0.25, 0.3) is 0 Å². The number of hydrogen-bond donors (Lipinski definition) is 2. The molecule has 146 valence electrons. The van der Waals surface area contributed by atoms with Crippen molar-refractivity contribution < 1.29 is 23.5 Å². The fourth-order valence-corrected chi connectivity index (χ4v) is 2.70. The summed E-state index contributed by atoms with van der Waals surface area (Å²) in [5.41, 5.74) is 4.94. The molecule has 0 atom stereocenters. The van der Waals surface area contributed by atoms with Gasteiger partial charge in [-0.1, -0.05) is 12.1 Å². The second-order valence-electron chi connectivity index (χ2n) is 6.21. The van der Waals surface area contributed by atoms with E-state index in [1.54, 1.807) is 61.5 Å². The average molecular weight is 391 g/mol. The van der Waals surface area contributed by atoms with E-state index in [4.69, 9.17) is 13.9 Å². The van der Waals surface area contributed by atoms with Crippen LogP contribution in [0.5, 0.6) is 11.5 Å². The van der Waals surface area contributed by atoms with Crippen LogP contribution in [0.2, 0.25) is 0 Å². The van der Waals surface area contributed by atoms with Crippen molar-refractivity contribution in [2.75, 3.05) is 12.1 Å². The predicted molar refractivity (Wildman–Crippen MR) is 105 cm³/mol. The van der Waals surface area contributed by atoms with Crippen LogP contribution in [0.4, 0.5) is 5.69 Å². The van der Waals surface area contributed by atoms with Gasteiger partial charge in [0.05, 0.1) is 12.0 Å². The molecule has 1 aliphatic rings. The minimum absolute atomic E-state index is 0.157. The lowest BCUT2D eigenvalue weighted by molar-refractivity contribution is 0.0926. The summed E-state index contributed by atoms with van der Waals surface area (Å²) < 4.78 is 15.6. The number of benzene rings is 2. The van der Waals surface area contributed by atoms with Gasteiger partial charge in [-0.25, -0.2) is 5.43 Å². The Bertz CT molecular complexity index is 1070. The lowest BCUT2D eigenvalue weighted by Gasteiger charge is -2.07. The normalized spacial score (nSPS) is 12.5. The molecule has 0 saturated carbocycles. The van der Waals surface area contributed by atoms with Crippen molar-refractivity contribution in [2.45, 2.75) is 6.92 Å². The molecule has 29 heavy (non-hydrogen) atoms. The Labute approximate surface area is 166 Å². The predicted octanol–water partition coefficient (Wildman–Crippen LogP) is 3.41. The van der Waals surface area contributed by atoms with Crippen molar-refractivity contribution in [1.29, 1.82) is 0 Å². The SMILES string of the molecule is C/C(=N/NC(=O)c1ccco1)c1ccc(NC(=O)c2ccc3c(c2)OCO3)cc1. The molecule has 0 bridgehead atoms. The van der Waals surface area contributed by atoms with Gasteiger partial charge in [-0.15, -0.1) is 0 Å². The van der Waals surface area contributed by atoms with Gasteiger partial charge in [0.1, 0.15) is 0 Å². The fraction of sp³-hybridized carbons (Fsp3) is 0.0952. The second-order valence-corrected chi connectivity index (χ2v) is 6.21. The molecule has 1 aromatic heterocycles. The summed E-state index contributed by atoms with van der Waals surface area (Å²) in [6, 6.07) is 15.3. The molecule has 1 aliphatic heterocycles. The number of amides is 2. The monoisotopic (exact) mass is 391 g/mol. The number of furan rings is 1. The molecule has 8 heteroatoms. The highest BCUT2D eigenvalue weighted by atomic mass is 16.7. The highest BCUT2D eigenvalue weighted by molar-refractivity contribution is 6.05. The highest BCUT2D eigenvalue weighted by Gasteiger charge is 2.16. The second kappa shape index (κ2) is 7.89. The number of nitrogens with one attached hydrogen (secondary N) is 2. The molecule has 4 rings (SSSR count). The summed E-state index contributed by atoms with van der Waals surface area (Å²) in [4.78, 5) is 24.3. The molecule has 3 aromatic rings. The van der Waals surface area contributed by atoms with Crippen molar-refractivity contribution in [2.24, 2.45) is 5.10 Å². The van der Waals surface area contributed by atoms with Gasteiger partial charge in [0.2, 0.25) is 6.79 Å². The van der Waals surface area contributed by atoms with E-state index in [1.165, 1.54) is 6.26 Å². The minimum atomic E-state index is -0.429. The first kappa shape index (κ1) is 18.3. The number of carbonyl (C=O) groups excluding carboxylic acids is 2. The Morgan fingerprint density at radius 1 is 0.931 bits per heavy atom. The van der Waals surface area contributed by atoms with E-state index in [9.17, 15) is 9.59 Å². The van der Waals surface area contributed by atoms with E-state index in [1.807, 2.05) is 0 Å². The Kier molecular flexibility index (Phi) is 4.98. The van der Waals surface area contributed by atoms with Crippen LogP contribution < -0.4 is 20.2 Å². The van der Waals surface area contributed by atoms with Crippen LogP contribution in [0.3, 0.4) is 0 Å². The van der Waals surface area contributed by atoms with Crippen LogP contribution >= 0.6 is 0 Å². The summed E-state index contributed by atoms with van der Waals surface area (Å²) >= 11 is 0. The molecule has 2 amide bonds. The van der Waals surface area contributed by atoms with E-state index in [2.05, 4.69) is 15.8 Å². The number of fused-ring (bicyclic) bond motifs is 1. The van der Waals surface area contributed by atoms with Crippen molar-refractivity contribution in [1.82, 2.24) is 5.43 Å². The summed E-state index contributed by atoms with van der Waals surface area (Å²) in [5.74, 6) is 0.675. The van der Waals surface area contributed by atoms with Crippen molar-refractivity contribution in [3.8, 4) is 11.5 Å². The van der Waals surface area contributed by atoms with Crippen LogP contribution in [0.1, 0.15) is 33.4 Å². The molecule has 0 saturated heterocycles. The molecule has 0 radical (unpaired) electrons. The third kappa shape index (κ3) is 4.11. The zero-order valence-corrected chi connectivity index (χ0v) is 15.5. The quantitative estimate of drug-likeness (QED) is 0.513. The van der Waals surface area contributed by atoms with E-state index < -0.39 is 5.91 Å². The molecule has 0 aliphatic carbocycles. The molecule has 0 unspecified atom stereocenters. The van der Waals surface area contributed by atoms with E-state index >= 15 is 0 Å². The van der Waals surface area contributed by atoms with Gasteiger partial charge in [0.15, 0.2) is 17.3 Å². The van der Waals surface area contributed by atoms with Gasteiger partial charge in [-0.2, -0.15) is 5.10 Å². The highest BCUT2D eigenvalue weighted by Crippen LogP contribution is 2.32. The van der Waals surface area contributed by atoms with Crippen LogP contribution in [-0.4, -0.2) is 24.3 Å². The van der Waals surface area contributed by atoms with Gasteiger partial charge in [-0.05, 0) is 55.0 Å². The van der Waals surface area contributed by atoms with Gasteiger partial charge in [0.25, 0.3) is 5.91 Å². The molecular weight excluding hydrogens is 374 g/mol. The lowest BCUT2D eigenvalue weighted by Crippen LogP contribution is -2.18. The zero-order chi connectivity index (χ0) is 20.2. The van der Waals surface area contributed by atoms with Gasteiger partial charge in [-0.3, -0.25) is 9.59 Å². The third-order valence-corrected chi connectivity index (χ3v) is 4.27. The average Bonchev–Trinajstić information content (AvgIpc) is 3.43. The number of hydrogen-bond acceptors (Lipinski definition) is 6. The summed E-state index contributed by atoms with van der Waals surface area (Å²) in [6.07, 6.45) is 1.42. The minimum Gasteiger partial charge on any atom is -0.459 e. The Morgan fingerprint density at radius 3 is 2.45 bits per heavy atom. The lowest BCUT2D eigenvalue weighted by atomic mass is 10.1. The summed E-state index contributed by atoms with van der Waals surface area (Å²) in [7, 11) is 0. The first-order valence-electron chi connectivity index (χ1n) is 8.80. The van der Waals surface area contributed by atoms with E-state index in [0.717, 1.165) is 5.56 Å². The fourth-order valence-electron chi connectivity index (χ4n) is 2.70. The number of rotatable bonds is 5. The van der Waals surface area contributed by atoms with Crippen LogP contribution in [0.15, 0.2) is 70.4 Å². The van der Waals surface area contributed by atoms with E-state index in [0.29, 0.717) is 28.5 Å². The van der Waals surface area contributed by atoms with Crippen LogP contribution in [0, 0.1) is 0 Å². The number of anilines is 1. The first-order valence-corrected chi connectivity index (χ1v) is 8.80. The number of nitrogens with zero attached hydrogens (tertiary/aromatic N) is 1. The number of carbonyl (C=O) groups is 2. The Morgan fingerprint density at radius 2 is 1.69 bits per heavy atom. The molecule has 0 spiro atoms. The third-order valence-electron chi connectivity index (χ3n) is 4.27. The smallest absolute Gasteiger partial charge is 0.307 e. The molecule has 2 N–H and O–H groups in total. The van der Waals surface area contributed by atoms with Gasteiger partial charge < -0.3 is 19.2 Å². The molecule has 2 heterocycles. The summed E-state index contributed by atoms with van der Waals surface area (Å²) in [6.45, 7) is 1.92.